The minimum absolute atomic E-state index is 0. The maximum atomic E-state index is 5.74. The first-order valence-electron chi connectivity index (χ1n) is 10.3. The molecule has 0 radical (unpaired) electrons. The van der Waals surface area contributed by atoms with Crippen LogP contribution in [0.5, 0.6) is 0 Å². The molecule has 0 aliphatic carbocycles. The molecule has 1 fully saturated rings. The van der Waals surface area contributed by atoms with Gasteiger partial charge in [0, 0.05) is 26.7 Å². The van der Waals surface area contributed by atoms with Crippen molar-refractivity contribution in [3.63, 3.8) is 0 Å². The Hall–Kier alpha value is -1.80. The van der Waals surface area contributed by atoms with Gasteiger partial charge in [-0.2, -0.15) is 0 Å². The van der Waals surface area contributed by atoms with E-state index in [-0.39, 0.29) is 30.0 Å². The fraction of sp³-hybridized carbons (Fsp3) is 0.435. The lowest BCUT2D eigenvalue weighted by atomic mass is 10.00. The Kier molecular flexibility index (Phi) is 8.18. The summed E-state index contributed by atoms with van der Waals surface area (Å²) < 4.78 is 5.74. The Bertz CT molecular complexity index is 798. The van der Waals surface area contributed by atoms with Crippen LogP contribution in [0.2, 0.25) is 0 Å². The summed E-state index contributed by atoms with van der Waals surface area (Å²) in [5.41, 5.74) is 2.76. The van der Waals surface area contributed by atoms with Crippen LogP contribution in [0, 0.1) is 0 Å². The van der Waals surface area contributed by atoms with Crippen LogP contribution in [0.4, 0.5) is 0 Å². The van der Waals surface area contributed by atoms with Crippen LogP contribution in [0.25, 0.3) is 5.57 Å². The molecule has 0 amide bonds. The van der Waals surface area contributed by atoms with Gasteiger partial charge in [-0.3, -0.25) is 9.89 Å². The lowest BCUT2D eigenvalue weighted by Crippen LogP contribution is -2.46. The normalized spacial score (nSPS) is 18.9. The third kappa shape index (κ3) is 5.42. The molecule has 1 aromatic carbocycles. The van der Waals surface area contributed by atoms with E-state index in [2.05, 4.69) is 62.6 Å². The van der Waals surface area contributed by atoms with Crippen LogP contribution in [-0.4, -0.2) is 55.5 Å². The quantitative estimate of drug-likeness (QED) is 0.371. The minimum atomic E-state index is 0. The number of aliphatic imine (C=N–C) groups is 1. The maximum Gasteiger partial charge on any atom is 0.194 e. The number of rotatable bonds is 5. The van der Waals surface area contributed by atoms with E-state index in [1.807, 2.05) is 13.1 Å². The molecule has 0 saturated carbocycles. The van der Waals surface area contributed by atoms with E-state index in [0.29, 0.717) is 0 Å². The summed E-state index contributed by atoms with van der Waals surface area (Å²) in [5, 5.41) is 3.60. The highest BCUT2D eigenvalue weighted by molar-refractivity contribution is 14.0. The monoisotopic (exact) mass is 506 g/mol. The second kappa shape index (κ2) is 10.8. The molecule has 29 heavy (non-hydrogen) atoms. The highest BCUT2D eigenvalue weighted by Crippen LogP contribution is 2.25. The third-order valence-electron chi connectivity index (χ3n) is 5.77. The topological polar surface area (TPSA) is 44.0 Å². The molecule has 1 saturated heterocycles. The van der Waals surface area contributed by atoms with Gasteiger partial charge >= 0.3 is 0 Å². The van der Waals surface area contributed by atoms with Gasteiger partial charge in [0.05, 0.1) is 12.3 Å². The molecule has 3 heterocycles. The molecular formula is C23H31IN4O. The average molecular weight is 506 g/mol. The number of hydrogen-bond acceptors (Lipinski definition) is 3. The average Bonchev–Trinajstić information content (AvgIpc) is 3.47. The summed E-state index contributed by atoms with van der Waals surface area (Å²) in [7, 11) is 1.87. The number of nitrogens with zero attached hydrogens (tertiary/aromatic N) is 3. The first-order chi connectivity index (χ1) is 13.8. The van der Waals surface area contributed by atoms with Crippen molar-refractivity contribution in [3.05, 3.63) is 66.1 Å². The molecule has 1 unspecified atom stereocenters. The Balaban J connectivity index is 0.00000240. The summed E-state index contributed by atoms with van der Waals surface area (Å²) >= 11 is 0. The first kappa shape index (κ1) is 21.9. The van der Waals surface area contributed by atoms with E-state index >= 15 is 0 Å². The van der Waals surface area contributed by atoms with Gasteiger partial charge < -0.3 is 14.6 Å². The minimum Gasteiger partial charge on any atom is -0.468 e. The number of hydrogen-bond donors (Lipinski definition) is 1. The maximum absolute atomic E-state index is 5.74. The van der Waals surface area contributed by atoms with E-state index in [1.165, 1.54) is 24.0 Å². The van der Waals surface area contributed by atoms with E-state index in [1.54, 1.807) is 6.26 Å². The van der Waals surface area contributed by atoms with Crippen molar-refractivity contribution in [1.29, 1.82) is 0 Å². The summed E-state index contributed by atoms with van der Waals surface area (Å²) in [6.45, 7) is 4.96. The molecule has 2 aliphatic rings. The summed E-state index contributed by atoms with van der Waals surface area (Å²) in [4.78, 5) is 9.39. The lowest BCUT2D eigenvalue weighted by Gasteiger charge is -2.32. The van der Waals surface area contributed by atoms with E-state index in [9.17, 15) is 0 Å². The molecule has 4 rings (SSSR count). The second-order valence-electron chi connectivity index (χ2n) is 7.49. The molecule has 6 heteroatoms. The van der Waals surface area contributed by atoms with Crippen LogP contribution >= 0.6 is 24.0 Å². The number of guanidine groups is 1. The fourth-order valence-corrected chi connectivity index (χ4v) is 4.24. The van der Waals surface area contributed by atoms with Crippen molar-refractivity contribution < 1.29 is 4.42 Å². The first-order valence-corrected chi connectivity index (χ1v) is 10.3. The van der Waals surface area contributed by atoms with Crippen LogP contribution in [-0.2, 0) is 0 Å². The van der Waals surface area contributed by atoms with Crippen LogP contribution in [0.1, 0.15) is 36.6 Å². The summed E-state index contributed by atoms with van der Waals surface area (Å²) in [6.07, 6.45) is 7.68. The van der Waals surface area contributed by atoms with Gasteiger partial charge in [-0.15, -0.1) is 24.0 Å². The molecule has 2 aliphatic heterocycles. The van der Waals surface area contributed by atoms with Crippen molar-refractivity contribution in [3.8, 4) is 0 Å². The van der Waals surface area contributed by atoms with Gasteiger partial charge in [0.2, 0.25) is 0 Å². The Labute approximate surface area is 190 Å². The Morgan fingerprint density at radius 2 is 1.90 bits per heavy atom. The Morgan fingerprint density at radius 3 is 2.52 bits per heavy atom. The zero-order valence-electron chi connectivity index (χ0n) is 17.1. The molecule has 156 valence electrons. The van der Waals surface area contributed by atoms with Crippen molar-refractivity contribution in [2.45, 2.75) is 25.3 Å². The zero-order valence-corrected chi connectivity index (χ0v) is 19.4. The van der Waals surface area contributed by atoms with Crippen molar-refractivity contribution >= 4 is 35.5 Å². The van der Waals surface area contributed by atoms with Crippen molar-refractivity contribution in [2.75, 3.05) is 39.8 Å². The fourth-order valence-electron chi connectivity index (χ4n) is 4.24. The lowest BCUT2D eigenvalue weighted by molar-refractivity contribution is 0.214. The second-order valence-corrected chi connectivity index (χ2v) is 7.49. The molecule has 0 bridgehead atoms. The van der Waals surface area contributed by atoms with Gasteiger partial charge in [0.1, 0.15) is 5.76 Å². The van der Waals surface area contributed by atoms with Gasteiger partial charge in [-0.1, -0.05) is 36.4 Å². The predicted molar refractivity (Wildman–Crippen MR) is 130 cm³/mol. The standard InChI is InChI=1S/C23H30N4O.HI/c1-24-23(27-15-11-20(12-16-27)19-8-3-2-4-9-19)25-18-21(22-10-7-17-28-22)26-13-5-6-14-26;/h2-4,7-11,17,21H,5-6,12-16,18H2,1H3,(H,24,25);1H. The predicted octanol–water partition coefficient (Wildman–Crippen LogP) is 4.40. The van der Waals surface area contributed by atoms with Crippen LogP contribution in [0.3, 0.4) is 0 Å². The molecule has 2 aromatic rings. The van der Waals surface area contributed by atoms with Gasteiger partial charge in [0.25, 0.3) is 0 Å². The Morgan fingerprint density at radius 1 is 1.10 bits per heavy atom. The number of halogens is 1. The van der Waals surface area contributed by atoms with Crippen LogP contribution < -0.4 is 5.32 Å². The molecule has 1 aromatic heterocycles. The smallest absolute Gasteiger partial charge is 0.194 e. The molecule has 0 spiro atoms. The van der Waals surface area contributed by atoms with E-state index < -0.39 is 0 Å². The van der Waals surface area contributed by atoms with E-state index in [0.717, 1.165) is 50.9 Å². The third-order valence-corrected chi connectivity index (χ3v) is 5.77. The highest BCUT2D eigenvalue weighted by atomic mass is 127. The zero-order chi connectivity index (χ0) is 19.2. The summed E-state index contributed by atoms with van der Waals surface area (Å²) in [6, 6.07) is 15.0. The number of furan rings is 1. The largest absolute Gasteiger partial charge is 0.468 e. The highest BCUT2D eigenvalue weighted by Gasteiger charge is 2.26. The van der Waals surface area contributed by atoms with Gasteiger partial charge in [0.15, 0.2) is 5.96 Å². The number of nitrogens with one attached hydrogen (secondary N) is 1. The number of benzene rings is 1. The van der Waals surface area contributed by atoms with Crippen molar-refractivity contribution in [1.82, 2.24) is 15.1 Å². The van der Waals surface area contributed by atoms with Gasteiger partial charge in [-0.05, 0) is 55.6 Å². The van der Waals surface area contributed by atoms with Crippen LogP contribution in [0.15, 0.2) is 64.2 Å². The van der Waals surface area contributed by atoms with Crippen molar-refractivity contribution in [2.24, 2.45) is 4.99 Å². The molecule has 1 N–H and O–H groups in total. The SMILES string of the molecule is CN=C(NCC(c1ccco1)N1CCCC1)N1CC=C(c2ccccc2)CC1.I. The molecule has 1 atom stereocenters. The van der Waals surface area contributed by atoms with E-state index in [4.69, 9.17) is 4.42 Å². The number of likely N-dealkylation sites (tertiary alicyclic amines) is 1. The molecular weight excluding hydrogens is 475 g/mol. The molecule has 5 nitrogen and oxygen atoms in total. The van der Waals surface area contributed by atoms with Gasteiger partial charge in [-0.25, -0.2) is 0 Å². The summed E-state index contributed by atoms with van der Waals surface area (Å²) in [5.74, 6) is 2.01.